The minimum atomic E-state index is 0.788. The first-order valence-electron chi connectivity index (χ1n) is 5.53. The molecule has 3 aromatic rings. The van der Waals surface area contributed by atoms with E-state index in [2.05, 4.69) is 52.8 Å². The normalized spacial score (nSPS) is 10.6. The second-order valence-corrected chi connectivity index (χ2v) is 4.82. The van der Waals surface area contributed by atoms with Crippen LogP contribution in [-0.2, 0) is 6.54 Å². The number of fused-ring (bicyclic) bond motifs is 1. The van der Waals surface area contributed by atoms with Crippen LogP contribution in [0.5, 0.6) is 0 Å². The summed E-state index contributed by atoms with van der Waals surface area (Å²) < 4.78 is 0. The van der Waals surface area contributed by atoms with Gasteiger partial charge in [0, 0.05) is 17.3 Å². The highest BCUT2D eigenvalue weighted by atomic mass is 32.1. The van der Waals surface area contributed by atoms with Gasteiger partial charge in [0.25, 0.3) is 0 Å². The van der Waals surface area contributed by atoms with Crippen molar-refractivity contribution < 1.29 is 0 Å². The number of hydrogen-bond acceptors (Lipinski definition) is 3. The molecule has 0 atom stereocenters. The quantitative estimate of drug-likeness (QED) is 0.750. The van der Waals surface area contributed by atoms with Crippen LogP contribution in [0.15, 0.2) is 54.0 Å². The number of thiazole rings is 1. The number of nitrogens with one attached hydrogen (secondary N) is 1. The molecular formula is C14H12N2S. The van der Waals surface area contributed by atoms with Crippen molar-refractivity contribution in [2.75, 3.05) is 5.32 Å². The molecule has 17 heavy (non-hydrogen) atoms. The third kappa shape index (κ3) is 2.29. The molecular weight excluding hydrogens is 228 g/mol. The predicted octanol–water partition coefficient (Wildman–Crippen LogP) is 3.91. The van der Waals surface area contributed by atoms with Gasteiger partial charge in [0.05, 0.1) is 6.54 Å². The molecule has 2 aromatic carbocycles. The predicted molar refractivity (Wildman–Crippen MR) is 73.4 cm³/mol. The number of benzene rings is 2. The van der Waals surface area contributed by atoms with Gasteiger partial charge >= 0.3 is 0 Å². The topological polar surface area (TPSA) is 24.9 Å². The van der Waals surface area contributed by atoms with Crippen LogP contribution in [0, 0.1) is 0 Å². The lowest BCUT2D eigenvalue weighted by molar-refractivity contribution is 1.10. The molecule has 0 radical (unpaired) electrons. The fraction of sp³-hybridized carbons (Fsp3) is 0.0714. The maximum Gasteiger partial charge on any atom is 0.112 e. The molecule has 0 saturated carbocycles. The van der Waals surface area contributed by atoms with Crippen LogP contribution in [-0.4, -0.2) is 4.98 Å². The summed E-state index contributed by atoms with van der Waals surface area (Å²) in [5, 5.41) is 9.03. The first kappa shape index (κ1) is 10.3. The van der Waals surface area contributed by atoms with Crippen molar-refractivity contribution in [1.29, 1.82) is 0 Å². The standard InChI is InChI=1S/C14H12N2S/c1-2-4-12-9-13(6-5-11(12)3-1)16-10-14-15-7-8-17-14/h1-9,16H,10H2. The third-order valence-corrected chi connectivity index (χ3v) is 3.46. The SMILES string of the molecule is c1ccc2cc(NCc3nccs3)ccc2c1. The average molecular weight is 240 g/mol. The minimum Gasteiger partial charge on any atom is -0.379 e. The molecule has 2 nitrogen and oxygen atoms in total. The van der Waals surface area contributed by atoms with Crippen molar-refractivity contribution in [3.8, 4) is 0 Å². The van der Waals surface area contributed by atoms with Crippen molar-refractivity contribution in [2.45, 2.75) is 6.54 Å². The molecule has 1 N–H and O–H groups in total. The van der Waals surface area contributed by atoms with E-state index in [1.807, 2.05) is 11.6 Å². The van der Waals surface area contributed by atoms with Gasteiger partial charge in [-0.05, 0) is 22.9 Å². The second kappa shape index (κ2) is 4.55. The largest absolute Gasteiger partial charge is 0.379 e. The molecule has 1 heterocycles. The Labute approximate surface area is 104 Å². The maximum atomic E-state index is 4.25. The summed E-state index contributed by atoms with van der Waals surface area (Å²) in [6.07, 6.45) is 1.84. The molecule has 0 amide bonds. The van der Waals surface area contributed by atoms with Gasteiger partial charge in [-0.15, -0.1) is 11.3 Å². The first-order chi connectivity index (χ1) is 8.42. The van der Waals surface area contributed by atoms with Crippen LogP contribution in [0.4, 0.5) is 5.69 Å². The molecule has 3 heteroatoms. The third-order valence-electron chi connectivity index (χ3n) is 2.68. The zero-order valence-corrected chi connectivity index (χ0v) is 10.1. The summed E-state index contributed by atoms with van der Waals surface area (Å²) in [5.41, 5.74) is 1.14. The van der Waals surface area contributed by atoms with Crippen molar-refractivity contribution in [3.05, 3.63) is 59.0 Å². The van der Waals surface area contributed by atoms with Gasteiger partial charge in [-0.25, -0.2) is 4.98 Å². The average Bonchev–Trinajstić information content (AvgIpc) is 2.89. The van der Waals surface area contributed by atoms with E-state index in [9.17, 15) is 0 Å². The van der Waals surface area contributed by atoms with E-state index in [0.717, 1.165) is 17.2 Å². The van der Waals surface area contributed by atoms with E-state index in [1.165, 1.54) is 10.8 Å². The smallest absolute Gasteiger partial charge is 0.112 e. The maximum absolute atomic E-state index is 4.25. The number of aromatic nitrogens is 1. The van der Waals surface area contributed by atoms with Crippen LogP contribution in [0.3, 0.4) is 0 Å². The van der Waals surface area contributed by atoms with Gasteiger partial charge in [-0.2, -0.15) is 0 Å². The van der Waals surface area contributed by atoms with Gasteiger partial charge in [0.15, 0.2) is 0 Å². The molecule has 0 bridgehead atoms. The molecule has 0 aliphatic rings. The van der Waals surface area contributed by atoms with E-state index in [-0.39, 0.29) is 0 Å². The Morgan fingerprint density at radius 1 is 1.06 bits per heavy atom. The van der Waals surface area contributed by atoms with Crippen molar-refractivity contribution in [3.63, 3.8) is 0 Å². The zero-order chi connectivity index (χ0) is 11.5. The molecule has 1 aromatic heterocycles. The summed E-state index contributed by atoms with van der Waals surface area (Å²) in [4.78, 5) is 4.25. The van der Waals surface area contributed by atoms with Gasteiger partial charge in [-0.3, -0.25) is 0 Å². The van der Waals surface area contributed by atoms with Crippen LogP contribution in [0.1, 0.15) is 5.01 Å². The molecule has 0 spiro atoms. The summed E-state index contributed by atoms with van der Waals surface area (Å²) in [6, 6.07) is 14.8. The van der Waals surface area contributed by atoms with E-state index < -0.39 is 0 Å². The Morgan fingerprint density at radius 2 is 1.94 bits per heavy atom. The van der Waals surface area contributed by atoms with E-state index >= 15 is 0 Å². The molecule has 0 aliphatic heterocycles. The summed E-state index contributed by atoms with van der Waals surface area (Å²) >= 11 is 1.67. The highest BCUT2D eigenvalue weighted by molar-refractivity contribution is 7.09. The van der Waals surface area contributed by atoms with Gasteiger partial charge < -0.3 is 5.32 Å². The summed E-state index contributed by atoms with van der Waals surface area (Å²) in [5.74, 6) is 0. The number of anilines is 1. The number of hydrogen-bond donors (Lipinski definition) is 1. The van der Waals surface area contributed by atoms with Gasteiger partial charge in [-0.1, -0.05) is 30.3 Å². The Balaban J connectivity index is 1.81. The van der Waals surface area contributed by atoms with E-state index in [4.69, 9.17) is 0 Å². The summed E-state index contributed by atoms with van der Waals surface area (Å²) in [6.45, 7) is 0.788. The fourth-order valence-electron chi connectivity index (χ4n) is 1.82. The number of nitrogens with zero attached hydrogens (tertiary/aromatic N) is 1. The lowest BCUT2D eigenvalue weighted by Crippen LogP contribution is -1.98. The first-order valence-corrected chi connectivity index (χ1v) is 6.41. The van der Waals surface area contributed by atoms with Crippen LogP contribution < -0.4 is 5.32 Å². The lowest BCUT2D eigenvalue weighted by atomic mass is 10.1. The highest BCUT2D eigenvalue weighted by Gasteiger charge is 1.97. The Kier molecular flexibility index (Phi) is 2.76. The van der Waals surface area contributed by atoms with Gasteiger partial charge in [0.2, 0.25) is 0 Å². The van der Waals surface area contributed by atoms with E-state index in [0.29, 0.717) is 0 Å². The zero-order valence-electron chi connectivity index (χ0n) is 9.26. The molecule has 0 saturated heterocycles. The molecule has 0 fully saturated rings. The monoisotopic (exact) mass is 240 g/mol. The second-order valence-electron chi connectivity index (χ2n) is 3.84. The van der Waals surface area contributed by atoms with Crippen LogP contribution >= 0.6 is 11.3 Å². The lowest BCUT2D eigenvalue weighted by Gasteiger charge is -2.05. The molecule has 0 aliphatic carbocycles. The Hall–Kier alpha value is -1.87. The fourth-order valence-corrected chi connectivity index (χ4v) is 2.37. The van der Waals surface area contributed by atoms with Crippen molar-refractivity contribution in [2.24, 2.45) is 0 Å². The van der Waals surface area contributed by atoms with Crippen LogP contribution in [0.2, 0.25) is 0 Å². The van der Waals surface area contributed by atoms with Gasteiger partial charge in [0.1, 0.15) is 5.01 Å². The summed E-state index contributed by atoms with van der Waals surface area (Å²) in [7, 11) is 0. The Morgan fingerprint density at radius 3 is 2.76 bits per heavy atom. The minimum absolute atomic E-state index is 0.788. The highest BCUT2D eigenvalue weighted by Crippen LogP contribution is 2.19. The van der Waals surface area contributed by atoms with Crippen LogP contribution in [0.25, 0.3) is 10.8 Å². The van der Waals surface area contributed by atoms with E-state index in [1.54, 1.807) is 11.3 Å². The Bertz CT molecular complexity index is 617. The van der Waals surface area contributed by atoms with Crippen molar-refractivity contribution in [1.82, 2.24) is 4.98 Å². The number of rotatable bonds is 3. The molecule has 84 valence electrons. The molecule has 0 unspecified atom stereocenters. The molecule has 3 rings (SSSR count). The van der Waals surface area contributed by atoms with Crippen molar-refractivity contribution >= 4 is 27.8 Å².